The molecule has 0 spiro atoms. The summed E-state index contributed by atoms with van der Waals surface area (Å²) in [6, 6.07) is 11.8. The van der Waals surface area contributed by atoms with Gasteiger partial charge in [-0.2, -0.15) is 5.10 Å². The number of anilines is 1. The third-order valence-electron chi connectivity index (χ3n) is 7.32. The Morgan fingerprint density at radius 2 is 1.63 bits per heavy atom. The van der Waals surface area contributed by atoms with Gasteiger partial charge in [0, 0.05) is 34.9 Å². The molecule has 178 valence electrons. The van der Waals surface area contributed by atoms with Crippen LogP contribution < -0.4 is 5.32 Å². The first-order valence-corrected chi connectivity index (χ1v) is 12.3. The molecule has 35 heavy (non-hydrogen) atoms. The maximum atomic E-state index is 13.8. The summed E-state index contributed by atoms with van der Waals surface area (Å²) in [5.41, 5.74) is 5.87. The Hall–Kier alpha value is -3.81. The predicted molar refractivity (Wildman–Crippen MR) is 133 cm³/mol. The van der Waals surface area contributed by atoms with Gasteiger partial charge < -0.3 is 10.3 Å². The number of hydrogen-bond donors (Lipinski definition) is 3. The number of aromatic amines is 2. The molecule has 0 bridgehead atoms. The van der Waals surface area contributed by atoms with Gasteiger partial charge in [0.05, 0.1) is 5.69 Å². The Morgan fingerprint density at radius 3 is 2.23 bits per heavy atom. The van der Waals surface area contributed by atoms with Gasteiger partial charge in [-0.3, -0.25) is 14.9 Å². The molecular weight excluding hydrogens is 438 g/mol. The lowest BCUT2D eigenvalue weighted by molar-refractivity contribution is -0.119. The molecule has 3 heterocycles. The standard InChI is InChI=1S/C27H29N7O/c1-15-22(16(2)32-31-15)17-7-9-21(10-8-17)29-27(35)24(23(18-3-4-18)19-5-6-19)26-30-25(33-34-26)20-11-13-28-14-12-20/h7-14,18-19,23-24H,3-6H2,1-2H3,(H,29,35)(H,31,32)(H,30,33,34). The second-order valence-electron chi connectivity index (χ2n) is 9.90. The minimum atomic E-state index is -0.351. The van der Waals surface area contributed by atoms with E-state index in [4.69, 9.17) is 0 Å². The Bertz CT molecular complexity index is 1300. The summed E-state index contributed by atoms with van der Waals surface area (Å²) in [6.07, 6.45) is 8.22. The van der Waals surface area contributed by atoms with E-state index in [2.05, 4.69) is 35.7 Å². The van der Waals surface area contributed by atoms with Gasteiger partial charge in [-0.1, -0.05) is 12.1 Å². The average molecular weight is 468 g/mol. The topological polar surface area (TPSA) is 112 Å². The summed E-state index contributed by atoms with van der Waals surface area (Å²) in [4.78, 5) is 21.2. The summed E-state index contributed by atoms with van der Waals surface area (Å²) < 4.78 is 0. The molecule has 0 aliphatic heterocycles. The quantitative estimate of drug-likeness (QED) is 0.336. The lowest BCUT2D eigenvalue weighted by Gasteiger charge is -2.24. The van der Waals surface area contributed by atoms with Gasteiger partial charge in [0.15, 0.2) is 5.82 Å². The Labute approximate surface area is 204 Å². The number of nitrogens with one attached hydrogen (secondary N) is 3. The number of hydrogen-bond acceptors (Lipinski definition) is 5. The van der Waals surface area contributed by atoms with Crippen LogP contribution in [0.5, 0.6) is 0 Å². The Morgan fingerprint density at radius 1 is 0.943 bits per heavy atom. The number of amides is 1. The SMILES string of the molecule is Cc1n[nH]c(C)c1-c1ccc(NC(=O)C(c2nnc(-c3ccncc3)[nH]2)C(C2CC2)C2CC2)cc1. The van der Waals surface area contributed by atoms with E-state index >= 15 is 0 Å². The molecule has 3 aromatic heterocycles. The van der Waals surface area contributed by atoms with Crippen molar-refractivity contribution in [3.05, 3.63) is 66.0 Å². The first-order valence-electron chi connectivity index (χ1n) is 12.3. The molecule has 1 unspecified atom stereocenters. The first-order chi connectivity index (χ1) is 17.1. The van der Waals surface area contributed by atoms with Crippen LogP contribution >= 0.6 is 0 Å². The van der Waals surface area contributed by atoms with E-state index in [0.717, 1.165) is 33.8 Å². The van der Waals surface area contributed by atoms with Crippen LogP contribution in [0.2, 0.25) is 0 Å². The highest BCUT2D eigenvalue weighted by Gasteiger charge is 2.49. The minimum Gasteiger partial charge on any atom is -0.325 e. The van der Waals surface area contributed by atoms with Crippen molar-refractivity contribution in [1.82, 2.24) is 30.4 Å². The van der Waals surface area contributed by atoms with Crippen LogP contribution in [0.3, 0.4) is 0 Å². The number of nitrogens with zero attached hydrogens (tertiary/aromatic N) is 4. The lowest BCUT2D eigenvalue weighted by atomic mass is 9.82. The van der Waals surface area contributed by atoms with Crippen molar-refractivity contribution in [2.75, 3.05) is 5.32 Å². The second-order valence-corrected chi connectivity index (χ2v) is 9.90. The van der Waals surface area contributed by atoms with E-state index < -0.39 is 0 Å². The molecule has 0 radical (unpaired) electrons. The molecule has 3 N–H and O–H groups in total. The fourth-order valence-electron chi connectivity index (χ4n) is 5.34. The molecule has 1 amide bonds. The fraction of sp³-hybridized carbons (Fsp3) is 0.370. The zero-order chi connectivity index (χ0) is 23.9. The van der Waals surface area contributed by atoms with Crippen molar-refractivity contribution in [3.63, 3.8) is 0 Å². The molecule has 8 nitrogen and oxygen atoms in total. The molecule has 6 rings (SSSR count). The van der Waals surface area contributed by atoms with E-state index in [9.17, 15) is 4.79 Å². The molecule has 1 atom stereocenters. The number of rotatable bonds is 8. The molecule has 0 saturated heterocycles. The molecule has 2 fully saturated rings. The van der Waals surface area contributed by atoms with Gasteiger partial charge in [-0.15, -0.1) is 10.2 Å². The number of carbonyl (C=O) groups excluding carboxylic acids is 1. The van der Waals surface area contributed by atoms with Crippen LogP contribution in [0.1, 0.15) is 48.8 Å². The highest BCUT2D eigenvalue weighted by molar-refractivity contribution is 5.96. The van der Waals surface area contributed by atoms with E-state index in [-0.39, 0.29) is 11.8 Å². The molecule has 4 aromatic rings. The van der Waals surface area contributed by atoms with Crippen molar-refractivity contribution in [3.8, 4) is 22.5 Å². The van der Waals surface area contributed by atoms with Gasteiger partial charge in [-0.05, 0) is 87.1 Å². The third-order valence-corrected chi connectivity index (χ3v) is 7.32. The van der Waals surface area contributed by atoms with Crippen molar-refractivity contribution in [1.29, 1.82) is 0 Å². The van der Waals surface area contributed by atoms with Crippen LogP contribution in [-0.4, -0.2) is 36.3 Å². The first kappa shape index (κ1) is 21.7. The normalized spacial score (nSPS) is 16.4. The highest BCUT2D eigenvalue weighted by Crippen LogP contribution is 2.54. The molecular formula is C27H29N7O. The van der Waals surface area contributed by atoms with E-state index in [0.29, 0.717) is 29.4 Å². The zero-order valence-corrected chi connectivity index (χ0v) is 20.0. The van der Waals surface area contributed by atoms with Gasteiger partial charge >= 0.3 is 0 Å². The van der Waals surface area contributed by atoms with Gasteiger partial charge in [0.25, 0.3) is 0 Å². The van der Waals surface area contributed by atoms with Crippen molar-refractivity contribution in [2.45, 2.75) is 45.4 Å². The van der Waals surface area contributed by atoms with E-state index in [1.165, 1.54) is 25.7 Å². The van der Waals surface area contributed by atoms with Crippen molar-refractivity contribution < 1.29 is 4.79 Å². The Balaban J connectivity index is 1.28. The number of benzene rings is 1. The number of aromatic nitrogens is 6. The molecule has 1 aromatic carbocycles. The molecule has 8 heteroatoms. The van der Waals surface area contributed by atoms with Gasteiger partial charge in [0.2, 0.25) is 5.91 Å². The third kappa shape index (κ3) is 4.36. The van der Waals surface area contributed by atoms with Crippen LogP contribution in [0.25, 0.3) is 22.5 Å². The zero-order valence-electron chi connectivity index (χ0n) is 20.0. The van der Waals surface area contributed by atoms with Gasteiger partial charge in [0.1, 0.15) is 11.7 Å². The maximum Gasteiger partial charge on any atom is 0.235 e. The lowest BCUT2D eigenvalue weighted by Crippen LogP contribution is -2.31. The van der Waals surface area contributed by atoms with Crippen LogP contribution in [0.15, 0.2) is 48.8 Å². The van der Waals surface area contributed by atoms with Crippen molar-refractivity contribution in [2.24, 2.45) is 17.8 Å². The summed E-state index contributed by atoms with van der Waals surface area (Å²) in [6.45, 7) is 4.01. The summed E-state index contributed by atoms with van der Waals surface area (Å²) >= 11 is 0. The van der Waals surface area contributed by atoms with E-state index in [1.807, 2.05) is 50.2 Å². The summed E-state index contributed by atoms with van der Waals surface area (Å²) in [5.74, 6) is 2.42. The average Bonchev–Trinajstić information content (AvgIpc) is 3.81. The fourth-order valence-corrected chi connectivity index (χ4v) is 5.34. The predicted octanol–water partition coefficient (Wildman–Crippen LogP) is 5.03. The monoisotopic (exact) mass is 467 g/mol. The highest BCUT2D eigenvalue weighted by atomic mass is 16.2. The summed E-state index contributed by atoms with van der Waals surface area (Å²) in [5, 5.41) is 19.3. The number of carbonyl (C=O) groups is 1. The van der Waals surface area contributed by atoms with E-state index in [1.54, 1.807) is 12.4 Å². The summed E-state index contributed by atoms with van der Waals surface area (Å²) in [7, 11) is 0. The van der Waals surface area contributed by atoms with Crippen molar-refractivity contribution >= 4 is 11.6 Å². The maximum absolute atomic E-state index is 13.8. The smallest absolute Gasteiger partial charge is 0.235 e. The van der Waals surface area contributed by atoms with Crippen LogP contribution in [0, 0.1) is 31.6 Å². The molecule has 2 aliphatic rings. The largest absolute Gasteiger partial charge is 0.325 e. The molecule has 2 saturated carbocycles. The minimum absolute atomic E-state index is 0.0188. The number of pyridine rings is 1. The second kappa shape index (κ2) is 8.76. The van der Waals surface area contributed by atoms with Gasteiger partial charge in [-0.25, -0.2) is 0 Å². The number of aryl methyl sites for hydroxylation is 2. The molecule has 2 aliphatic carbocycles. The van der Waals surface area contributed by atoms with Crippen LogP contribution in [-0.2, 0) is 4.79 Å². The Kier molecular flexibility index (Phi) is 5.43. The van der Waals surface area contributed by atoms with Crippen LogP contribution in [0.4, 0.5) is 5.69 Å². The number of H-pyrrole nitrogens is 2.